The molecule has 0 bridgehead atoms. The Morgan fingerprint density at radius 3 is 2.45 bits per heavy atom. The summed E-state index contributed by atoms with van der Waals surface area (Å²) in [6.07, 6.45) is 0. The zero-order chi connectivity index (χ0) is 14.5. The van der Waals surface area contributed by atoms with Crippen LogP contribution in [-0.4, -0.2) is 11.9 Å². The van der Waals surface area contributed by atoms with Gasteiger partial charge in [-0.15, -0.1) is 0 Å². The second-order valence-electron chi connectivity index (χ2n) is 4.76. The molecule has 2 N–H and O–H groups in total. The number of nitrogens with one attached hydrogen (secondary N) is 2. The second kappa shape index (κ2) is 6.48. The van der Waals surface area contributed by atoms with Crippen LogP contribution in [-0.2, 0) is 6.54 Å². The van der Waals surface area contributed by atoms with Crippen molar-refractivity contribution in [2.24, 2.45) is 0 Å². The molecular formula is C15H17ClN2O2. The van der Waals surface area contributed by atoms with Crippen LogP contribution in [0.4, 0.5) is 5.69 Å². The topological polar surface area (TPSA) is 54.3 Å². The summed E-state index contributed by atoms with van der Waals surface area (Å²) in [4.78, 5) is 11.8. The Morgan fingerprint density at radius 2 is 1.90 bits per heavy atom. The lowest BCUT2D eigenvalue weighted by atomic mass is 10.2. The smallest absolute Gasteiger partial charge is 0.251 e. The Kier molecular flexibility index (Phi) is 4.69. The molecule has 0 aliphatic rings. The third-order valence-electron chi connectivity index (χ3n) is 2.66. The monoisotopic (exact) mass is 292 g/mol. The maximum atomic E-state index is 11.8. The molecule has 5 heteroatoms. The summed E-state index contributed by atoms with van der Waals surface area (Å²) in [5.74, 6) is 0.695. The zero-order valence-corrected chi connectivity index (χ0v) is 12.2. The van der Waals surface area contributed by atoms with Crippen LogP contribution in [0.2, 0.25) is 5.22 Å². The Balaban J connectivity index is 1.93. The molecule has 0 aliphatic heterocycles. The molecular weight excluding hydrogens is 276 g/mol. The van der Waals surface area contributed by atoms with Gasteiger partial charge in [0, 0.05) is 17.3 Å². The molecule has 0 radical (unpaired) electrons. The Labute approximate surface area is 123 Å². The van der Waals surface area contributed by atoms with Crippen molar-refractivity contribution in [2.75, 3.05) is 5.32 Å². The number of hydrogen-bond acceptors (Lipinski definition) is 3. The van der Waals surface area contributed by atoms with E-state index >= 15 is 0 Å². The molecule has 0 fully saturated rings. The molecule has 20 heavy (non-hydrogen) atoms. The third kappa shape index (κ3) is 4.03. The van der Waals surface area contributed by atoms with E-state index in [9.17, 15) is 4.79 Å². The Morgan fingerprint density at radius 1 is 1.20 bits per heavy atom. The fourth-order valence-corrected chi connectivity index (χ4v) is 1.88. The number of amides is 1. The van der Waals surface area contributed by atoms with Crippen LogP contribution in [0.5, 0.6) is 0 Å². The number of anilines is 1. The van der Waals surface area contributed by atoms with Crippen molar-refractivity contribution >= 4 is 23.2 Å². The predicted molar refractivity (Wildman–Crippen MR) is 80.1 cm³/mol. The first-order chi connectivity index (χ1) is 9.54. The van der Waals surface area contributed by atoms with E-state index in [2.05, 4.69) is 10.6 Å². The zero-order valence-electron chi connectivity index (χ0n) is 11.4. The van der Waals surface area contributed by atoms with Crippen LogP contribution in [0.15, 0.2) is 40.8 Å². The highest BCUT2D eigenvalue weighted by Crippen LogP contribution is 2.15. The van der Waals surface area contributed by atoms with Gasteiger partial charge in [0.15, 0.2) is 5.22 Å². The van der Waals surface area contributed by atoms with Gasteiger partial charge < -0.3 is 15.1 Å². The van der Waals surface area contributed by atoms with Crippen LogP contribution in [0, 0.1) is 0 Å². The minimum absolute atomic E-state index is 0.0654. The highest BCUT2D eigenvalue weighted by Gasteiger charge is 2.06. The van der Waals surface area contributed by atoms with Gasteiger partial charge in [-0.05, 0) is 61.8 Å². The number of carbonyl (C=O) groups is 1. The van der Waals surface area contributed by atoms with Crippen LogP contribution in [0.3, 0.4) is 0 Å². The number of furan rings is 1. The summed E-state index contributed by atoms with van der Waals surface area (Å²) in [5.41, 5.74) is 1.56. The van der Waals surface area contributed by atoms with Crippen LogP contribution in [0.25, 0.3) is 0 Å². The molecule has 1 aromatic heterocycles. The Bertz CT molecular complexity index is 576. The van der Waals surface area contributed by atoms with E-state index in [4.69, 9.17) is 16.0 Å². The van der Waals surface area contributed by atoms with E-state index in [1.165, 1.54) is 0 Å². The minimum Gasteiger partial charge on any atom is -0.448 e. The summed E-state index contributed by atoms with van der Waals surface area (Å²) < 4.78 is 5.25. The van der Waals surface area contributed by atoms with Gasteiger partial charge in [-0.25, -0.2) is 0 Å². The van der Waals surface area contributed by atoms with Crippen molar-refractivity contribution in [3.63, 3.8) is 0 Å². The first-order valence-electron chi connectivity index (χ1n) is 6.43. The molecule has 0 atom stereocenters. The van der Waals surface area contributed by atoms with Crippen molar-refractivity contribution < 1.29 is 9.21 Å². The average molecular weight is 293 g/mol. The van der Waals surface area contributed by atoms with Crippen LogP contribution >= 0.6 is 11.6 Å². The average Bonchev–Trinajstić information content (AvgIpc) is 2.82. The molecule has 4 nitrogen and oxygen atoms in total. The highest BCUT2D eigenvalue weighted by atomic mass is 35.5. The molecule has 2 aromatic rings. The second-order valence-corrected chi connectivity index (χ2v) is 5.14. The first kappa shape index (κ1) is 14.5. The van der Waals surface area contributed by atoms with Gasteiger partial charge in [-0.1, -0.05) is 0 Å². The lowest BCUT2D eigenvalue weighted by Crippen LogP contribution is -2.29. The number of halogens is 1. The number of rotatable bonds is 5. The van der Waals surface area contributed by atoms with Crippen molar-refractivity contribution in [2.45, 2.75) is 26.4 Å². The Hall–Kier alpha value is -1.94. The normalized spacial score (nSPS) is 10.6. The lowest BCUT2D eigenvalue weighted by Gasteiger charge is -2.09. The summed E-state index contributed by atoms with van der Waals surface area (Å²) in [5, 5.41) is 6.42. The van der Waals surface area contributed by atoms with Crippen molar-refractivity contribution in [3.8, 4) is 0 Å². The number of hydrogen-bond donors (Lipinski definition) is 2. The van der Waals surface area contributed by atoms with Gasteiger partial charge in [0.2, 0.25) is 0 Å². The van der Waals surface area contributed by atoms with Gasteiger partial charge >= 0.3 is 0 Å². The summed E-state index contributed by atoms with van der Waals surface area (Å²) in [6, 6.07) is 10.9. The van der Waals surface area contributed by atoms with Crippen molar-refractivity contribution in [1.82, 2.24) is 5.32 Å². The molecule has 0 spiro atoms. The van der Waals surface area contributed by atoms with Crippen molar-refractivity contribution in [3.05, 3.63) is 52.9 Å². The maximum absolute atomic E-state index is 11.8. The minimum atomic E-state index is -0.0654. The van der Waals surface area contributed by atoms with E-state index in [0.29, 0.717) is 17.3 Å². The fraction of sp³-hybridized carbons (Fsp3) is 0.267. The van der Waals surface area contributed by atoms with Gasteiger partial charge in [0.25, 0.3) is 5.91 Å². The van der Waals surface area contributed by atoms with Gasteiger partial charge in [-0.3, -0.25) is 4.79 Å². The van der Waals surface area contributed by atoms with Crippen LogP contribution < -0.4 is 10.6 Å². The van der Waals surface area contributed by atoms with E-state index < -0.39 is 0 Å². The lowest BCUT2D eigenvalue weighted by molar-refractivity contribution is 0.0943. The fourth-order valence-electron chi connectivity index (χ4n) is 1.72. The molecule has 1 aromatic carbocycles. The standard InChI is InChI=1S/C15H17ClN2O2/c1-10(2)18-15(19)11-3-5-12(6-4-11)17-9-13-7-8-14(16)20-13/h3-8,10,17H,9H2,1-2H3,(H,18,19). The molecule has 106 valence electrons. The van der Waals surface area contributed by atoms with Gasteiger partial charge in [-0.2, -0.15) is 0 Å². The molecule has 1 amide bonds. The highest BCUT2D eigenvalue weighted by molar-refractivity contribution is 6.28. The molecule has 0 aliphatic carbocycles. The quantitative estimate of drug-likeness (QED) is 0.884. The number of benzene rings is 1. The van der Waals surface area contributed by atoms with E-state index in [0.717, 1.165) is 11.4 Å². The van der Waals surface area contributed by atoms with E-state index in [1.54, 1.807) is 18.2 Å². The number of carbonyl (C=O) groups excluding carboxylic acids is 1. The molecule has 0 saturated heterocycles. The van der Waals surface area contributed by atoms with E-state index in [-0.39, 0.29) is 11.9 Å². The maximum Gasteiger partial charge on any atom is 0.251 e. The predicted octanol–water partition coefficient (Wildman–Crippen LogP) is 3.68. The molecule has 0 unspecified atom stereocenters. The van der Waals surface area contributed by atoms with Gasteiger partial charge in [0.1, 0.15) is 5.76 Å². The molecule has 1 heterocycles. The first-order valence-corrected chi connectivity index (χ1v) is 6.81. The van der Waals surface area contributed by atoms with Crippen molar-refractivity contribution in [1.29, 1.82) is 0 Å². The molecule has 2 rings (SSSR count). The molecule has 0 saturated carbocycles. The van der Waals surface area contributed by atoms with Crippen LogP contribution in [0.1, 0.15) is 30.0 Å². The third-order valence-corrected chi connectivity index (χ3v) is 2.87. The van der Waals surface area contributed by atoms with Gasteiger partial charge in [0.05, 0.1) is 6.54 Å². The van der Waals surface area contributed by atoms with E-state index in [1.807, 2.05) is 32.0 Å². The summed E-state index contributed by atoms with van der Waals surface area (Å²) in [6.45, 7) is 4.41. The SMILES string of the molecule is CC(C)NC(=O)c1ccc(NCc2ccc(Cl)o2)cc1. The largest absolute Gasteiger partial charge is 0.448 e. The summed E-state index contributed by atoms with van der Waals surface area (Å²) >= 11 is 5.70. The summed E-state index contributed by atoms with van der Waals surface area (Å²) in [7, 11) is 0.